The first kappa shape index (κ1) is 7.35. The van der Waals surface area contributed by atoms with Gasteiger partial charge in [0, 0.05) is 11.0 Å². The molecule has 1 spiro atoms. The summed E-state index contributed by atoms with van der Waals surface area (Å²) in [5.74, 6) is 0. The van der Waals surface area contributed by atoms with E-state index in [1.165, 1.54) is 30.1 Å². The van der Waals surface area contributed by atoms with Crippen molar-refractivity contribution >= 4 is 22.6 Å². The van der Waals surface area contributed by atoms with Crippen molar-refractivity contribution in [1.82, 2.24) is 0 Å². The lowest BCUT2D eigenvalue weighted by Crippen LogP contribution is -2.38. The lowest BCUT2D eigenvalue weighted by Gasteiger charge is -2.41. The first-order valence-electron chi connectivity index (χ1n) is 4.05. The zero-order valence-electron chi connectivity index (χ0n) is 6.11. The fourth-order valence-electron chi connectivity index (χ4n) is 2.15. The van der Waals surface area contributed by atoms with Crippen molar-refractivity contribution in [2.24, 2.45) is 5.41 Å². The molecule has 1 aliphatic heterocycles. The molecule has 1 nitrogen and oxygen atoms in total. The third-order valence-electron chi connectivity index (χ3n) is 3.09. The second-order valence-electron chi connectivity index (χ2n) is 3.48. The molecule has 0 aromatic heterocycles. The monoisotopic (exact) mass is 252 g/mol. The highest BCUT2D eigenvalue weighted by molar-refractivity contribution is 14.1. The van der Waals surface area contributed by atoms with Gasteiger partial charge in [0.25, 0.3) is 0 Å². The molecular formula is C8H13IO. The van der Waals surface area contributed by atoms with E-state index in [-0.39, 0.29) is 0 Å². The van der Waals surface area contributed by atoms with Crippen LogP contribution in [0, 0.1) is 5.41 Å². The van der Waals surface area contributed by atoms with Crippen LogP contribution < -0.4 is 0 Å². The van der Waals surface area contributed by atoms with Crippen molar-refractivity contribution in [2.45, 2.75) is 31.8 Å². The topological polar surface area (TPSA) is 9.23 Å². The number of halogens is 1. The van der Waals surface area contributed by atoms with Gasteiger partial charge in [0.15, 0.2) is 0 Å². The zero-order chi connectivity index (χ0) is 7.03. The lowest BCUT2D eigenvalue weighted by molar-refractivity contribution is 0.0224. The summed E-state index contributed by atoms with van der Waals surface area (Å²) in [4.78, 5) is 0. The molecule has 58 valence electrons. The van der Waals surface area contributed by atoms with Gasteiger partial charge in [0.2, 0.25) is 0 Å². The molecule has 1 saturated carbocycles. The Kier molecular flexibility index (Phi) is 1.93. The van der Waals surface area contributed by atoms with E-state index in [9.17, 15) is 0 Å². The van der Waals surface area contributed by atoms with Crippen molar-refractivity contribution in [1.29, 1.82) is 0 Å². The number of hydrogen-bond acceptors (Lipinski definition) is 1. The van der Waals surface area contributed by atoms with Crippen LogP contribution in [-0.2, 0) is 4.74 Å². The minimum absolute atomic E-state index is 0.599. The molecule has 1 aliphatic carbocycles. The highest BCUT2D eigenvalue weighted by atomic mass is 127. The maximum absolute atomic E-state index is 5.65. The molecule has 1 saturated heterocycles. The smallest absolute Gasteiger partial charge is 0.0721 e. The summed E-state index contributed by atoms with van der Waals surface area (Å²) in [7, 11) is 0. The third kappa shape index (κ3) is 0.916. The summed E-state index contributed by atoms with van der Waals surface area (Å²) in [6, 6.07) is 0. The Balaban J connectivity index is 2.05. The van der Waals surface area contributed by atoms with Gasteiger partial charge in [0.05, 0.1) is 6.10 Å². The van der Waals surface area contributed by atoms with E-state index in [4.69, 9.17) is 4.74 Å². The van der Waals surface area contributed by atoms with Gasteiger partial charge in [-0.3, -0.25) is 0 Å². The molecule has 0 amide bonds. The van der Waals surface area contributed by atoms with Crippen LogP contribution in [0.2, 0.25) is 0 Å². The molecule has 1 unspecified atom stereocenters. The van der Waals surface area contributed by atoms with Crippen LogP contribution in [0.15, 0.2) is 0 Å². The van der Waals surface area contributed by atoms with Crippen molar-refractivity contribution in [3.63, 3.8) is 0 Å². The molecule has 0 bridgehead atoms. The van der Waals surface area contributed by atoms with Gasteiger partial charge in [0.1, 0.15) is 0 Å². The number of alkyl halides is 1. The molecule has 1 heterocycles. The highest BCUT2D eigenvalue weighted by Crippen LogP contribution is 2.51. The van der Waals surface area contributed by atoms with Gasteiger partial charge >= 0.3 is 0 Å². The van der Waals surface area contributed by atoms with Crippen LogP contribution in [0.3, 0.4) is 0 Å². The fourth-order valence-corrected chi connectivity index (χ4v) is 3.34. The van der Waals surface area contributed by atoms with Crippen molar-refractivity contribution in [2.75, 3.05) is 11.0 Å². The van der Waals surface area contributed by atoms with Crippen molar-refractivity contribution in [3.05, 3.63) is 0 Å². The molecule has 2 aliphatic rings. The summed E-state index contributed by atoms with van der Waals surface area (Å²) in [5, 5.41) is 0. The van der Waals surface area contributed by atoms with Crippen LogP contribution in [0.5, 0.6) is 0 Å². The van der Waals surface area contributed by atoms with E-state index >= 15 is 0 Å². The standard InChI is InChI=1S/C8H13IO/c9-6-7-8(2-1-3-8)4-5-10-7/h7H,1-6H2. The predicted molar refractivity (Wildman–Crippen MR) is 49.5 cm³/mol. The van der Waals surface area contributed by atoms with Crippen molar-refractivity contribution in [3.8, 4) is 0 Å². The highest BCUT2D eigenvalue weighted by Gasteiger charge is 2.47. The van der Waals surface area contributed by atoms with Crippen LogP contribution >= 0.6 is 22.6 Å². The predicted octanol–water partition coefficient (Wildman–Crippen LogP) is 2.38. The Hall–Kier alpha value is 0.690. The van der Waals surface area contributed by atoms with E-state index < -0.39 is 0 Å². The lowest BCUT2D eigenvalue weighted by atomic mass is 9.65. The first-order chi connectivity index (χ1) is 4.87. The molecule has 0 aromatic carbocycles. The van der Waals surface area contributed by atoms with E-state index in [2.05, 4.69) is 22.6 Å². The quantitative estimate of drug-likeness (QED) is 0.514. The van der Waals surface area contributed by atoms with Crippen LogP contribution in [-0.4, -0.2) is 17.1 Å². The first-order valence-corrected chi connectivity index (χ1v) is 5.57. The molecular weight excluding hydrogens is 239 g/mol. The van der Waals surface area contributed by atoms with Gasteiger partial charge in [-0.2, -0.15) is 0 Å². The molecule has 10 heavy (non-hydrogen) atoms. The molecule has 0 radical (unpaired) electrons. The normalized spacial score (nSPS) is 36.3. The summed E-state index contributed by atoms with van der Waals surface area (Å²) in [6.07, 6.45) is 6.24. The number of hydrogen-bond donors (Lipinski definition) is 0. The average molecular weight is 252 g/mol. The van der Waals surface area contributed by atoms with Gasteiger partial charge in [-0.25, -0.2) is 0 Å². The minimum atomic E-state index is 0.599. The van der Waals surface area contributed by atoms with E-state index in [1.807, 2.05) is 0 Å². The molecule has 2 heteroatoms. The Labute approximate surface area is 75.7 Å². The summed E-state index contributed by atoms with van der Waals surface area (Å²) in [5.41, 5.74) is 0.654. The Morgan fingerprint density at radius 1 is 1.40 bits per heavy atom. The van der Waals surface area contributed by atoms with E-state index in [0.717, 1.165) is 6.61 Å². The number of rotatable bonds is 1. The van der Waals surface area contributed by atoms with Gasteiger partial charge in [-0.05, 0) is 24.7 Å². The Bertz CT molecular complexity index is 131. The van der Waals surface area contributed by atoms with E-state index in [1.54, 1.807) is 0 Å². The molecule has 1 atom stereocenters. The fraction of sp³-hybridized carbons (Fsp3) is 1.00. The van der Waals surface area contributed by atoms with Crippen LogP contribution in [0.25, 0.3) is 0 Å². The Morgan fingerprint density at radius 3 is 2.60 bits per heavy atom. The Morgan fingerprint density at radius 2 is 2.20 bits per heavy atom. The zero-order valence-corrected chi connectivity index (χ0v) is 8.26. The molecule has 0 aromatic rings. The maximum Gasteiger partial charge on any atom is 0.0721 e. The largest absolute Gasteiger partial charge is 0.377 e. The molecule has 2 fully saturated rings. The second kappa shape index (κ2) is 2.63. The van der Waals surface area contributed by atoms with Gasteiger partial charge < -0.3 is 4.74 Å². The molecule has 2 rings (SSSR count). The minimum Gasteiger partial charge on any atom is -0.377 e. The third-order valence-corrected chi connectivity index (χ3v) is 3.89. The summed E-state index contributed by atoms with van der Waals surface area (Å²) >= 11 is 2.45. The van der Waals surface area contributed by atoms with E-state index in [0.29, 0.717) is 11.5 Å². The molecule has 0 N–H and O–H groups in total. The van der Waals surface area contributed by atoms with Crippen LogP contribution in [0.1, 0.15) is 25.7 Å². The maximum atomic E-state index is 5.65. The van der Waals surface area contributed by atoms with Crippen LogP contribution in [0.4, 0.5) is 0 Å². The average Bonchev–Trinajstić information content (AvgIpc) is 2.27. The van der Waals surface area contributed by atoms with Gasteiger partial charge in [-0.15, -0.1) is 0 Å². The SMILES string of the molecule is ICC1OCCC12CCC2. The second-order valence-corrected chi connectivity index (χ2v) is 4.36. The van der Waals surface area contributed by atoms with Gasteiger partial charge in [-0.1, -0.05) is 29.0 Å². The summed E-state index contributed by atoms with van der Waals surface area (Å²) < 4.78 is 6.84. The van der Waals surface area contributed by atoms with Crippen molar-refractivity contribution < 1.29 is 4.74 Å². The summed E-state index contributed by atoms with van der Waals surface area (Å²) in [6.45, 7) is 1.02. The number of ether oxygens (including phenoxy) is 1.